The lowest BCUT2D eigenvalue weighted by Gasteiger charge is -1.87. The van der Waals surface area contributed by atoms with Crippen molar-refractivity contribution in [1.29, 1.82) is 0 Å². The molecule has 0 amide bonds. The summed E-state index contributed by atoms with van der Waals surface area (Å²) in [4.78, 5) is 0. The van der Waals surface area contributed by atoms with E-state index in [1.165, 1.54) is 0 Å². The zero-order valence-electron chi connectivity index (χ0n) is 6.71. The molecular formula is C10H12O. The van der Waals surface area contributed by atoms with Crippen LogP contribution in [0.5, 0.6) is 0 Å². The van der Waals surface area contributed by atoms with Crippen LogP contribution in [0.4, 0.5) is 0 Å². The van der Waals surface area contributed by atoms with Crippen molar-refractivity contribution >= 4 is 12.2 Å². The Bertz CT molecular complexity index is 256. The highest BCUT2D eigenvalue weighted by atomic mass is 16.3. The molecule has 0 aromatic carbocycles. The van der Waals surface area contributed by atoms with Gasteiger partial charge in [-0.15, -0.1) is 0 Å². The highest BCUT2D eigenvalue weighted by Crippen LogP contribution is 2.13. The van der Waals surface area contributed by atoms with Crippen molar-refractivity contribution < 1.29 is 4.42 Å². The Morgan fingerprint density at radius 3 is 3.09 bits per heavy atom. The molecule has 0 unspecified atom stereocenters. The predicted molar refractivity (Wildman–Crippen MR) is 48.1 cm³/mol. The van der Waals surface area contributed by atoms with Crippen molar-refractivity contribution in [3.8, 4) is 0 Å². The normalized spacial score (nSPS) is 10.6. The lowest BCUT2D eigenvalue weighted by molar-refractivity contribution is 0.556. The largest absolute Gasteiger partial charge is 0.464 e. The molecule has 58 valence electrons. The zero-order valence-corrected chi connectivity index (χ0v) is 6.71. The maximum Gasteiger partial charge on any atom is 0.133 e. The number of rotatable bonds is 3. The third kappa shape index (κ3) is 1.84. The summed E-state index contributed by atoms with van der Waals surface area (Å²) in [5.74, 6) is 0.891. The Morgan fingerprint density at radius 1 is 1.64 bits per heavy atom. The Hall–Kier alpha value is -1.24. The van der Waals surface area contributed by atoms with Crippen LogP contribution < -0.4 is 0 Å². The molecule has 0 radical (unpaired) electrons. The molecule has 1 aromatic heterocycles. The molecule has 0 aliphatic carbocycles. The molecule has 1 heteroatoms. The van der Waals surface area contributed by atoms with Crippen LogP contribution in [-0.2, 0) is 0 Å². The van der Waals surface area contributed by atoms with E-state index in [2.05, 4.69) is 19.6 Å². The van der Waals surface area contributed by atoms with Crippen LogP contribution in [0.15, 0.2) is 29.4 Å². The Kier molecular flexibility index (Phi) is 2.73. The van der Waals surface area contributed by atoms with Gasteiger partial charge in [-0.3, -0.25) is 0 Å². The van der Waals surface area contributed by atoms with Crippen LogP contribution in [-0.4, -0.2) is 0 Å². The van der Waals surface area contributed by atoms with Gasteiger partial charge < -0.3 is 4.42 Å². The van der Waals surface area contributed by atoms with Gasteiger partial charge in [-0.1, -0.05) is 25.7 Å². The predicted octanol–water partition coefficient (Wildman–Crippen LogP) is 3.35. The summed E-state index contributed by atoms with van der Waals surface area (Å²) in [6.07, 6.45) is 8.52. The van der Waals surface area contributed by atoms with E-state index < -0.39 is 0 Å². The first-order valence-electron chi connectivity index (χ1n) is 3.75. The molecule has 1 nitrogen and oxygen atoms in total. The van der Waals surface area contributed by atoms with Gasteiger partial charge in [0.15, 0.2) is 0 Å². The first-order chi connectivity index (χ1) is 5.38. The van der Waals surface area contributed by atoms with Gasteiger partial charge in [0.1, 0.15) is 5.76 Å². The molecule has 1 rings (SSSR count). The highest BCUT2D eigenvalue weighted by molar-refractivity contribution is 5.59. The Morgan fingerprint density at radius 2 is 2.45 bits per heavy atom. The summed E-state index contributed by atoms with van der Waals surface area (Å²) in [5.41, 5.74) is 1.05. The van der Waals surface area contributed by atoms with Gasteiger partial charge in [0.25, 0.3) is 0 Å². The summed E-state index contributed by atoms with van der Waals surface area (Å²) < 4.78 is 5.20. The molecule has 0 spiro atoms. The van der Waals surface area contributed by atoms with E-state index in [-0.39, 0.29) is 0 Å². The fourth-order valence-electron chi connectivity index (χ4n) is 0.860. The number of allylic oxidation sites excluding steroid dienone is 1. The molecule has 0 saturated carbocycles. The summed E-state index contributed by atoms with van der Waals surface area (Å²) in [7, 11) is 0. The third-order valence-electron chi connectivity index (χ3n) is 1.45. The van der Waals surface area contributed by atoms with Gasteiger partial charge in [0.2, 0.25) is 0 Å². The second kappa shape index (κ2) is 3.81. The zero-order chi connectivity index (χ0) is 8.10. The quantitative estimate of drug-likeness (QED) is 0.640. The molecule has 0 bridgehead atoms. The van der Waals surface area contributed by atoms with E-state index in [9.17, 15) is 0 Å². The van der Waals surface area contributed by atoms with Gasteiger partial charge in [0, 0.05) is 5.56 Å². The summed E-state index contributed by atoms with van der Waals surface area (Å²) in [6.45, 7) is 5.77. The molecule has 0 saturated heterocycles. The first-order valence-corrected chi connectivity index (χ1v) is 3.75. The SMILES string of the molecule is C=Cc1ccoc1/C=C\CC. The molecule has 0 atom stereocenters. The number of furan rings is 1. The second-order valence-corrected chi connectivity index (χ2v) is 2.25. The molecule has 0 aliphatic heterocycles. The molecule has 0 N–H and O–H groups in total. The van der Waals surface area contributed by atoms with Crippen molar-refractivity contribution in [3.63, 3.8) is 0 Å². The van der Waals surface area contributed by atoms with Crippen molar-refractivity contribution in [2.75, 3.05) is 0 Å². The average molecular weight is 148 g/mol. The Labute approximate surface area is 67.0 Å². The monoisotopic (exact) mass is 148 g/mol. The smallest absolute Gasteiger partial charge is 0.133 e. The number of hydrogen-bond donors (Lipinski definition) is 0. The number of hydrogen-bond acceptors (Lipinski definition) is 1. The lowest BCUT2D eigenvalue weighted by Crippen LogP contribution is -1.68. The van der Waals surface area contributed by atoms with E-state index in [4.69, 9.17) is 4.42 Å². The first kappa shape index (κ1) is 7.86. The molecule has 11 heavy (non-hydrogen) atoms. The van der Waals surface area contributed by atoms with E-state index in [1.54, 1.807) is 12.3 Å². The molecule has 0 aliphatic rings. The molecule has 1 heterocycles. The van der Waals surface area contributed by atoms with Crippen LogP contribution in [0.1, 0.15) is 24.7 Å². The van der Waals surface area contributed by atoms with E-state index >= 15 is 0 Å². The fourth-order valence-corrected chi connectivity index (χ4v) is 0.860. The van der Waals surface area contributed by atoms with Gasteiger partial charge >= 0.3 is 0 Å². The van der Waals surface area contributed by atoms with Gasteiger partial charge in [0.05, 0.1) is 6.26 Å². The van der Waals surface area contributed by atoms with E-state index in [0.717, 1.165) is 17.7 Å². The average Bonchev–Trinajstić information content (AvgIpc) is 2.47. The standard InChI is InChI=1S/C10H12O/c1-3-5-6-10-9(4-2)7-8-11-10/h4-8H,2-3H2,1H3/b6-5-. The van der Waals surface area contributed by atoms with Gasteiger partial charge in [-0.25, -0.2) is 0 Å². The minimum Gasteiger partial charge on any atom is -0.464 e. The van der Waals surface area contributed by atoms with Crippen molar-refractivity contribution in [2.24, 2.45) is 0 Å². The summed E-state index contributed by atoms with van der Waals surface area (Å²) in [6, 6.07) is 1.91. The van der Waals surface area contributed by atoms with Crippen LogP contribution in [0.25, 0.3) is 12.2 Å². The summed E-state index contributed by atoms with van der Waals surface area (Å²) >= 11 is 0. The van der Waals surface area contributed by atoms with Crippen LogP contribution in [0.2, 0.25) is 0 Å². The minimum absolute atomic E-state index is 0.891. The van der Waals surface area contributed by atoms with Crippen LogP contribution in [0, 0.1) is 0 Å². The molecular weight excluding hydrogens is 136 g/mol. The van der Waals surface area contributed by atoms with Crippen molar-refractivity contribution in [2.45, 2.75) is 13.3 Å². The van der Waals surface area contributed by atoms with Crippen LogP contribution in [0.3, 0.4) is 0 Å². The lowest BCUT2D eigenvalue weighted by atomic mass is 10.2. The van der Waals surface area contributed by atoms with Crippen molar-refractivity contribution in [1.82, 2.24) is 0 Å². The summed E-state index contributed by atoms with van der Waals surface area (Å²) in [5, 5.41) is 0. The second-order valence-electron chi connectivity index (χ2n) is 2.25. The van der Waals surface area contributed by atoms with Gasteiger partial charge in [-0.2, -0.15) is 0 Å². The topological polar surface area (TPSA) is 13.1 Å². The molecule has 0 fully saturated rings. The van der Waals surface area contributed by atoms with Crippen LogP contribution >= 0.6 is 0 Å². The van der Waals surface area contributed by atoms with E-state index in [1.807, 2.05) is 12.1 Å². The Balaban J connectivity index is 2.84. The van der Waals surface area contributed by atoms with Crippen molar-refractivity contribution in [3.05, 3.63) is 36.3 Å². The maximum absolute atomic E-state index is 5.20. The highest BCUT2D eigenvalue weighted by Gasteiger charge is 1.95. The third-order valence-corrected chi connectivity index (χ3v) is 1.45. The fraction of sp³-hybridized carbons (Fsp3) is 0.200. The minimum atomic E-state index is 0.891. The maximum atomic E-state index is 5.20. The van der Waals surface area contributed by atoms with E-state index in [0.29, 0.717) is 0 Å². The molecule has 1 aromatic rings. The van der Waals surface area contributed by atoms with Gasteiger partial charge in [-0.05, 0) is 18.6 Å².